The minimum Gasteiger partial charge on any atom is -0.354 e. The van der Waals surface area contributed by atoms with E-state index in [1.54, 1.807) is 0 Å². The normalized spacial score (nSPS) is 17.4. The van der Waals surface area contributed by atoms with Crippen molar-refractivity contribution in [3.8, 4) is 0 Å². The van der Waals surface area contributed by atoms with E-state index < -0.39 is 0 Å². The fourth-order valence-corrected chi connectivity index (χ4v) is 2.19. The maximum absolute atomic E-state index is 4.14. The predicted octanol–water partition coefficient (Wildman–Crippen LogP) is 3.07. The molecule has 1 aromatic rings. The van der Waals surface area contributed by atoms with Crippen LogP contribution in [0.4, 0.5) is 5.69 Å². The smallest absolute Gasteiger partial charge is 0.0557 e. The number of para-hydroxylation sites is 1. The summed E-state index contributed by atoms with van der Waals surface area (Å²) < 4.78 is 4.14. The van der Waals surface area contributed by atoms with Crippen LogP contribution < -0.4 is 5.32 Å². The van der Waals surface area contributed by atoms with Gasteiger partial charge in [0.15, 0.2) is 0 Å². The molecule has 14 heavy (non-hydrogen) atoms. The van der Waals surface area contributed by atoms with Crippen molar-refractivity contribution in [2.45, 2.75) is 0 Å². The van der Waals surface area contributed by atoms with Crippen molar-refractivity contribution >= 4 is 29.9 Å². The second-order valence-electron chi connectivity index (χ2n) is 3.15. The van der Waals surface area contributed by atoms with Gasteiger partial charge in [0.05, 0.1) is 10.6 Å². The van der Waals surface area contributed by atoms with Crippen LogP contribution in [0.15, 0.2) is 45.3 Å². The van der Waals surface area contributed by atoms with Crippen LogP contribution >= 0.6 is 11.9 Å². The number of rotatable bonds is 0. The molecular weight excluding hydrogens is 192 g/mol. The number of allylic oxidation sites excluding steroid dienone is 1. The monoisotopic (exact) mass is 200 g/mol. The number of hydrogen-bond donors (Lipinski definition) is 1. The average Bonchev–Trinajstić information content (AvgIpc) is 2.26. The third-order valence-corrected chi connectivity index (χ3v) is 3.00. The van der Waals surface area contributed by atoms with Crippen molar-refractivity contribution in [3.63, 3.8) is 0 Å². The van der Waals surface area contributed by atoms with E-state index in [0.29, 0.717) is 0 Å². The molecule has 2 nitrogen and oxygen atoms in total. The summed E-state index contributed by atoms with van der Waals surface area (Å²) in [4.78, 5) is 1.19. The van der Waals surface area contributed by atoms with Crippen LogP contribution in [-0.2, 0) is 0 Å². The molecule has 0 atom stereocenters. The van der Waals surface area contributed by atoms with Gasteiger partial charge < -0.3 is 5.32 Å². The van der Waals surface area contributed by atoms with Crippen molar-refractivity contribution in [3.05, 3.63) is 46.5 Å². The molecule has 0 saturated carbocycles. The van der Waals surface area contributed by atoms with Gasteiger partial charge in [-0.1, -0.05) is 18.2 Å². The van der Waals surface area contributed by atoms with E-state index in [1.165, 1.54) is 28.1 Å². The van der Waals surface area contributed by atoms with E-state index >= 15 is 0 Å². The topological polar surface area (TPSA) is 24.4 Å². The summed E-state index contributed by atoms with van der Waals surface area (Å²) in [5.41, 5.74) is 3.53. The zero-order valence-corrected chi connectivity index (χ0v) is 8.21. The van der Waals surface area contributed by atoms with Gasteiger partial charge in [0.2, 0.25) is 0 Å². The second kappa shape index (κ2) is 3.03. The van der Waals surface area contributed by atoms with Gasteiger partial charge in [0.25, 0.3) is 0 Å². The highest BCUT2D eigenvalue weighted by Crippen LogP contribution is 2.36. The van der Waals surface area contributed by atoms with Crippen LogP contribution in [-0.4, -0.2) is 6.21 Å². The molecule has 0 fully saturated rings. The van der Waals surface area contributed by atoms with E-state index in [9.17, 15) is 0 Å². The molecule has 2 aliphatic rings. The van der Waals surface area contributed by atoms with Crippen molar-refractivity contribution < 1.29 is 0 Å². The second-order valence-corrected chi connectivity index (χ2v) is 3.98. The lowest BCUT2D eigenvalue weighted by Crippen LogP contribution is -2.08. The van der Waals surface area contributed by atoms with E-state index in [0.717, 1.165) is 5.70 Å². The molecule has 0 aliphatic carbocycles. The highest BCUT2D eigenvalue weighted by molar-refractivity contribution is 8.02. The van der Waals surface area contributed by atoms with Gasteiger partial charge in [-0.15, -0.1) is 0 Å². The molecule has 68 valence electrons. The van der Waals surface area contributed by atoms with Crippen LogP contribution in [0.1, 0.15) is 5.56 Å². The fraction of sp³-hybridized carbons (Fsp3) is 0. The first-order valence-electron chi connectivity index (χ1n) is 4.42. The molecule has 3 rings (SSSR count). The minimum absolute atomic E-state index is 1.14. The Morgan fingerprint density at radius 3 is 3.14 bits per heavy atom. The predicted molar refractivity (Wildman–Crippen MR) is 62.2 cm³/mol. The number of nitrogens with zero attached hydrogens (tertiary/aromatic N) is 1. The van der Waals surface area contributed by atoms with Gasteiger partial charge in [-0.3, -0.25) is 0 Å². The summed E-state index contributed by atoms with van der Waals surface area (Å²) in [7, 11) is 0. The fourth-order valence-electron chi connectivity index (χ4n) is 1.55. The Balaban J connectivity index is 2.15. The molecule has 0 radical (unpaired) electrons. The lowest BCUT2D eigenvalue weighted by molar-refractivity contribution is 1.42. The Morgan fingerprint density at radius 2 is 2.14 bits per heavy atom. The maximum Gasteiger partial charge on any atom is 0.0557 e. The third kappa shape index (κ3) is 1.17. The Morgan fingerprint density at radius 1 is 1.21 bits per heavy atom. The summed E-state index contributed by atoms with van der Waals surface area (Å²) in [6.07, 6.45) is 5.98. The first-order chi connectivity index (χ1) is 6.93. The molecule has 0 aromatic heterocycles. The summed E-state index contributed by atoms with van der Waals surface area (Å²) in [6.45, 7) is 0. The Bertz CT molecular complexity index is 472. The zero-order chi connectivity index (χ0) is 9.38. The lowest BCUT2D eigenvalue weighted by atomic mass is 10.1. The van der Waals surface area contributed by atoms with Gasteiger partial charge in [-0.05, 0) is 23.8 Å². The Kier molecular flexibility index (Phi) is 1.70. The first-order valence-corrected chi connectivity index (χ1v) is 5.20. The van der Waals surface area contributed by atoms with Crippen molar-refractivity contribution in [2.24, 2.45) is 4.40 Å². The average molecular weight is 200 g/mol. The molecule has 2 aliphatic heterocycles. The number of anilines is 1. The molecule has 0 bridgehead atoms. The molecule has 2 heterocycles. The van der Waals surface area contributed by atoms with Gasteiger partial charge in [-0.2, -0.15) is 0 Å². The standard InChI is InChI=1S/C11H8N2S/c1-2-4-9-8(3-1)7-11-10(13-9)5-6-12-14-11/h1-7,13H. The van der Waals surface area contributed by atoms with E-state index in [2.05, 4.69) is 27.9 Å². The summed E-state index contributed by atoms with van der Waals surface area (Å²) in [6, 6.07) is 8.27. The van der Waals surface area contributed by atoms with E-state index in [4.69, 9.17) is 0 Å². The highest BCUT2D eigenvalue weighted by Gasteiger charge is 2.15. The minimum atomic E-state index is 1.14. The number of fused-ring (bicyclic) bond motifs is 2. The number of nitrogens with one attached hydrogen (secondary N) is 1. The van der Waals surface area contributed by atoms with E-state index in [-0.39, 0.29) is 0 Å². The molecule has 0 unspecified atom stereocenters. The zero-order valence-electron chi connectivity index (χ0n) is 7.40. The van der Waals surface area contributed by atoms with Crippen molar-refractivity contribution in [1.29, 1.82) is 0 Å². The highest BCUT2D eigenvalue weighted by atomic mass is 32.2. The van der Waals surface area contributed by atoms with Gasteiger partial charge in [-0.25, -0.2) is 4.40 Å². The summed E-state index contributed by atoms with van der Waals surface area (Å²) in [5, 5.41) is 3.38. The third-order valence-electron chi connectivity index (χ3n) is 2.24. The quantitative estimate of drug-likeness (QED) is 0.651. The Hall–Kier alpha value is -1.48. The molecular formula is C11H8N2S. The summed E-state index contributed by atoms with van der Waals surface area (Å²) >= 11 is 1.51. The van der Waals surface area contributed by atoms with Gasteiger partial charge >= 0.3 is 0 Å². The van der Waals surface area contributed by atoms with Crippen molar-refractivity contribution in [2.75, 3.05) is 5.32 Å². The van der Waals surface area contributed by atoms with Crippen LogP contribution in [0.3, 0.4) is 0 Å². The molecule has 3 heteroatoms. The van der Waals surface area contributed by atoms with Crippen LogP contribution in [0.25, 0.3) is 6.08 Å². The van der Waals surface area contributed by atoms with Gasteiger partial charge in [0, 0.05) is 23.8 Å². The first kappa shape index (κ1) is 7.88. The molecule has 1 aromatic carbocycles. The van der Waals surface area contributed by atoms with Crippen LogP contribution in [0.5, 0.6) is 0 Å². The molecule has 0 amide bonds. The van der Waals surface area contributed by atoms with Crippen molar-refractivity contribution in [1.82, 2.24) is 0 Å². The maximum atomic E-state index is 4.14. The largest absolute Gasteiger partial charge is 0.354 e. The number of benzene rings is 1. The lowest BCUT2D eigenvalue weighted by Gasteiger charge is -2.21. The molecule has 0 spiro atoms. The van der Waals surface area contributed by atoms with Crippen LogP contribution in [0, 0.1) is 0 Å². The van der Waals surface area contributed by atoms with Crippen LogP contribution in [0.2, 0.25) is 0 Å². The summed E-state index contributed by atoms with van der Waals surface area (Å²) in [5.74, 6) is 0. The van der Waals surface area contributed by atoms with E-state index in [1.807, 2.05) is 24.4 Å². The van der Waals surface area contributed by atoms with Gasteiger partial charge in [0.1, 0.15) is 0 Å². The number of hydrogen-bond acceptors (Lipinski definition) is 3. The molecule has 0 saturated heterocycles. The molecule has 1 N–H and O–H groups in total. The Labute approximate surface area is 86.6 Å². The SMILES string of the molecule is C1=NSC2=Cc3ccccc3NC2=C1.